The molecular weight excluding hydrogens is 290 g/mol. The van der Waals surface area contributed by atoms with Gasteiger partial charge in [-0.05, 0) is 44.3 Å². The average molecular weight is 314 g/mol. The van der Waals surface area contributed by atoms with E-state index in [9.17, 15) is 0 Å². The van der Waals surface area contributed by atoms with Gasteiger partial charge < -0.3 is 15.5 Å². The normalized spacial score (nSPS) is 11.0. The molecule has 1 aromatic rings. The zero-order valence-electron chi connectivity index (χ0n) is 11.6. The highest BCUT2D eigenvalue weighted by atomic mass is 79.9. The summed E-state index contributed by atoms with van der Waals surface area (Å²) in [7, 11) is 4.21. The molecule has 0 aliphatic heterocycles. The third-order valence-electron chi connectivity index (χ3n) is 2.85. The molecule has 1 aromatic carbocycles. The van der Waals surface area contributed by atoms with E-state index in [1.807, 2.05) is 0 Å². The van der Waals surface area contributed by atoms with Crippen LogP contribution in [0.25, 0.3) is 0 Å². The first-order chi connectivity index (χ1) is 8.56. The molecule has 0 saturated heterocycles. The lowest BCUT2D eigenvalue weighted by Gasteiger charge is -2.26. The van der Waals surface area contributed by atoms with E-state index in [0.717, 1.165) is 30.5 Å². The van der Waals surface area contributed by atoms with Crippen LogP contribution in [0.4, 0.5) is 5.69 Å². The van der Waals surface area contributed by atoms with Gasteiger partial charge in [-0.25, -0.2) is 0 Å². The molecule has 0 heterocycles. The van der Waals surface area contributed by atoms with Crippen molar-refractivity contribution in [2.24, 2.45) is 5.73 Å². The number of likely N-dealkylation sites (N-methyl/N-ethyl adjacent to an activating group) is 1. The van der Waals surface area contributed by atoms with Crippen molar-refractivity contribution in [2.45, 2.75) is 19.9 Å². The number of benzene rings is 1. The Morgan fingerprint density at radius 1 is 1.11 bits per heavy atom. The van der Waals surface area contributed by atoms with E-state index in [-0.39, 0.29) is 0 Å². The van der Waals surface area contributed by atoms with Crippen molar-refractivity contribution in [2.75, 3.05) is 38.6 Å². The van der Waals surface area contributed by atoms with Crippen molar-refractivity contribution < 1.29 is 0 Å². The van der Waals surface area contributed by atoms with Crippen molar-refractivity contribution >= 4 is 21.6 Å². The maximum absolute atomic E-state index is 5.74. The molecule has 0 aliphatic rings. The van der Waals surface area contributed by atoms with Gasteiger partial charge in [0.1, 0.15) is 0 Å². The topological polar surface area (TPSA) is 32.5 Å². The predicted octanol–water partition coefficient (Wildman–Crippen LogP) is 2.69. The van der Waals surface area contributed by atoms with Gasteiger partial charge in [-0.1, -0.05) is 22.9 Å². The lowest BCUT2D eigenvalue weighted by molar-refractivity contribution is 0.413. The first-order valence-corrected chi connectivity index (χ1v) is 7.25. The second-order valence-electron chi connectivity index (χ2n) is 4.81. The molecule has 4 heteroatoms. The second-order valence-corrected chi connectivity index (χ2v) is 5.73. The van der Waals surface area contributed by atoms with Gasteiger partial charge in [-0.3, -0.25) is 0 Å². The van der Waals surface area contributed by atoms with E-state index in [0.29, 0.717) is 6.54 Å². The molecule has 2 N–H and O–H groups in total. The molecule has 0 spiro atoms. The second kappa shape index (κ2) is 7.77. The van der Waals surface area contributed by atoms with E-state index in [2.05, 4.69) is 64.9 Å². The average Bonchev–Trinajstić information content (AvgIpc) is 2.33. The van der Waals surface area contributed by atoms with Gasteiger partial charge >= 0.3 is 0 Å². The Hall–Kier alpha value is -0.580. The summed E-state index contributed by atoms with van der Waals surface area (Å²) in [4.78, 5) is 4.63. The third-order valence-corrected chi connectivity index (χ3v) is 3.31. The van der Waals surface area contributed by atoms with Crippen LogP contribution in [-0.4, -0.2) is 38.6 Å². The van der Waals surface area contributed by atoms with E-state index in [4.69, 9.17) is 5.73 Å². The molecule has 18 heavy (non-hydrogen) atoms. The predicted molar refractivity (Wildman–Crippen MR) is 83.1 cm³/mol. The van der Waals surface area contributed by atoms with Gasteiger partial charge in [0.05, 0.1) is 0 Å². The maximum atomic E-state index is 5.74. The van der Waals surface area contributed by atoms with Crippen LogP contribution in [0.3, 0.4) is 0 Å². The van der Waals surface area contributed by atoms with Crippen LogP contribution in [0.15, 0.2) is 22.7 Å². The van der Waals surface area contributed by atoms with E-state index >= 15 is 0 Å². The summed E-state index contributed by atoms with van der Waals surface area (Å²) in [5.74, 6) is 0. The minimum Gasteiger partial charge on any atom is -0.370 e. The molecule has 0 bridgehead atoms. The summed E-state index contributed by atoms with van der Waals surface area (Å²) in [5.41, 5.74) is 8.17. The van der Waals surface area contributed by atoms with Gasteiger partial charge in [-0.15, -0.1) is 0 Å². The summed E-state index contributed by atoms with van der Waals surface area (Å²) in [6, 6.07) is 6.44. The monoisotopic (exact) mass is 313 g/mol. The minimum atomic E-state index is 0.583. The largest absolute Gasteiger partial charge is 0.370 e. The number of rotatable bonds is 7. The fourth-order valence-corrected chi connectivity index (χ4v) is 2.42. The molecule has 3 nitrogen and oxygen atoms in total. The Morgan fingerprint density at radius 3 is 2.39 bits per heavy atom. The quantitative estimate of drug-likeness (QED) is 0.840. The van der Waals surface area contributed by atoms with Crippen LogP contribution in [0.2, 0.25) is 0 Å². The number of anilines is 1. The number of hydrogen-bond acceptors (Lipinski definition) is 3. The van der Waals surface area contributed by atoms with Crippen molar-refractivity contribution in [3.05, 3.63) is 28.2 Å². The Morgan fingerprint density at radius 2 is 1.83 bits per heavy atom. The number of nitrogens with zero attached hydrogens (tertiary/aromatic N) is 2. The summed E-state index contributed by atoms with van der Waals surface area (Å²) >= 11 is 3.56. The highest BCUT2D eigenvalue weighted by molar-refractivity contribution is 9.10. The number of halogens is 1. The Kier molecular flexibility index (Phi) is 6.68. The summed E-state index contributed by atoms with van der Waals surface area (Å²) in [5, 5.41) is 0. The molecule has 0 aromatic heterocycles. The van der Waals surface area contributed by atoms with Crippen LogP contribution in [-0.2, 0) is 6.54 Å². The Bertz CT molecular complexity index is 366. The van der Waals surface area contributed by atoms with Gasteiger partial charge in [0, 0.05) is 36.3 Å². The van der Waals surface area contributed by atoms with Crippen molar-refractivity contribution in [1.82, 2.24) is 4.90 Å². The summed E-state index contributed by atoms with van der Waals surface area (Å²) in [6.07, 6.45) is 1.15. The lowest BCUT2D eigenvalue weighted by atomic mass is 10.2. The van der Waals surface area contributed by atoms with Crippen LogP contribution in [0.1, 0.15) is 18.9 Å². The lowest BCUT2D eigenvalue weighted by Crippen LogP contribution is -2.32. The molecule has 0 fully saturated rings. The van der Waals surface area contributed by atoms with E-state index < -0.39 is 0 Å². The third kappa shape index (κ3) is 4.96. The summed E-state index contributed by atoms with van der Waals surface area (Å²) < 4.78 is 1.10. The van der Waals surface area contributed by atoms with Crippen LogP contribution >= 0.6 is 15.9 Å². The smallest absolute Gasteiger partial charge is 0.0381 e. The van der Waals surface area contributed by atoms with E-state index in [1.54, 1.807) is 0 Å². The van der Waals surface area contributed by atoms with Gasteiger partial charge in [-0.2, -0.15) is 0 Å². The first-order valence-electron chi connectivity index (χ1n) is 6.46. The molecule has 0 atom stereocenters. The van der Waals surface area contributed by atoms with Gasteiger partial charge in [0.2, 0.25) is 0 Å². The minimum absolute atomic E-state index is 0.583. The van der Waals surface area contributed by atoms with Crippen molar-refractivity contribution in [1.29, 1.82) is 0 Å². The summed E-state index contributed by atoms with van der Waals surface area (Å²) in [6.45, 7) is 5.98. The molecular formula is C14H24BrN3. The number of nitrogens with two attached hydrogens (primary N) is 1. The first kappa shape index (κ1) is 15.5. The molecule has 1 rings (SSSR count). The SMILES string of the molecule is CCCN(CCN(C)C)c1cc(Br)cc(CN)c1. The molecule has 102 valence electrons. The van der Waals surface area contributed by atoms with Crippen molar-refractivity contribution in [3.63, 3.8) is 0 Å². The Labute approximate surface area is 119 Å². The molecule has 0 aliphatic carbocycles. The zero-order valence-corrected chi connectivity index (χ0v) is 13.2. The number of hydrogen-bond donors (Lipinski definition) is 1. The standard InChI is InChI=1S/C14H24BrN3/c1-4-5-18(7-6-17(2)3)14-9-12(11-16)8-13(15)10-14/h8-10H,4-7,11,16H2,1-3H3. The highest BCUT2D eigenvalue weighted by Crippen LogP contribution is 2.23. The van der Waals surface area contributed by atoms with Crippen molar-refractivity contribution in [3.8, 4) is 0 Å². The maximum Gasteiger partial charge on any atom is 0.0381 e. The van der Waals surface area contributed by atoms with Crippen LogP contribution in [0.5, 0.6) is 0 Å². The fraction of sp³-hybridized carbons (Fsp3) is 0.571. The molecule has 0 amide bonds. The fourth-order valence-electron chi connectivity index (χ4n) is 1.89. The molecule has 0 radical (unpaired) electrons. The van der Waals surface area contributed by atoms with Crippen LogP contribution < -0.4 is 10.6 Å². The Balaban J connectivity index is 2.86. The van der Waals surface area contributed by atoms with E-state index in [1.165, 1.54) is 11.3 Å². The van der Waals surface area contributed by atoms with Gasteiger partial charge in [0.25, 0.3) is 0 Å². The highest BCUT2D eigenvalue weighted by Gasteiger charge is 2.08. The van der Waals surface area contributed by atoms with Gasteiger partial charge in [0.15, 0.2) is 0 Å². The van der Waals surface area contributed by atoms with Crippen LogP contribution in [0, 0.1) is 0 Å². The molecule has 0 saturated carbocycles. The zero-order chi connectivity index (χ0) is 13.5. The molecule has 0 unspecified atom stereocenters.